The molecule has 3 nitrogen and oxygen atoms in total. The molecule has 4 heterocycles. The molecule has 76 heavy (non-hydrogen) atoms. The van der Waals surface area contributed by atoms with Gasteiger partial charge in [-0.1, -0.05) is 173 Å². The van der Waals surface area contributed by atoms with Gasteiger partial charge in [-0.3, -0.25) is 0 Å². The van der Waals surface area contributed by atoms with Gasteiger partial charge in [-0.2, -0.15) is 0 Å². The minimum absolute atomic E-state index is 0.00956. The summed E-state index contributed by atoms with van der Waals surface area (Å²) < 4.78 is 9.91. The highest BCUT2D eigenvalue weighted by atomic mass is 32.1. The smallest absolute Gasteiger partial charge is 0.264 e. The summed E-state index contributed by atoms with van der Waals surface area (Å²) in [6.45, 7) is 24.2. The molecule has 376 valence electrons. The molecular formula is C71H67BN2OS. The molecular weight excluding hydrogens is 940 g/mol. The lowest BCUT2D eigenvalue weighted by molar-refractivity contribution is 0.327. The van der Waals surface area contributed by atoms with Gasteiger partial charge in [0.2, 0.25) is 0 Å². The highest BCUT2D eigenvalue weighted by Gasteiger charge is 2.58. The van der Waals surface area contributed by atoms with Crippen molar-refractivity contribution in [2.45, 2.75) is 135 Å². The molecule has 0 N–H and O–H groups in total. The van der Waals surface area contributed by atoms with Crippen LogP contribution in [0.25, 0.3) is 53.9 Å². The van der Waals surface area contributed by atoms with E-state index in [-0.39, 0.29) is 33.8 Å². The Balaban J connectivity index is 1.07. The molecule has 1 spiro atoms. The molecule has 5 heteroatoms. The van der Waals surface area contributed by atoms with E-state index in [0.29, 0.717) is 5.92 Å². The summed E-state index contributed by atoms with van der Waals surface area (Å²) in [6, 6.07) is 55.4. The molecule has 2 fully saturated rings. The Morgan fingerprint density at radius 1 is 0.566 bits per heavy atom. The third-order valence-electron chi connectivity index (χ3n) is 20.3. The maximum atomic E-state index is 7.13. The van der Waals surface area contributed by atoms with Crippen molar-refractivity contribution in [2.75, 3.05) is 9.80 Å². The van der Waals surface area contributed by atoms with Crippen LogP contribution in [0, 0.1) is 11.8 Å². The number of nitrogens with zero attached hydrogens (tertiary/aromatic N) is 2. The quantitative estimate of drug-likeness (QED) is 0.161. The second kappa shape index (κ2) is 14.9. The maximum absolute atomic E-state index is 7.13. The van der Waals surface area contributed by atoms with Crippen LogP contribution in [0.1, 0.15) is 141 Å². The third-order valence-corrected chi connectivity index (χ3v) is 21.5. The number of thiophene rings is 1. The van der Waals surface area contributed by atoms with Crippen molar-refractivity contribution in [3.05, 3.63) is 173 Å². The number of para-hydroxylation sites is 2. The molecule has 2 aromatic heterocycles. The van der Waals surface area contributed by atoms with Gasteiger partial charge >= 0.3 is 0 Å². The topological polar surface area (TPSA) is 19.6 Å². The Labute approximate surface area is 453 Å². The van der Waals surface area contributed by atoms with Crippen LogP contribution in [0.5, 0.6) is 0 Å². The minimum Gasteiger partial charge on any atom is -0.454 e. The standard InChI is InChI=1S/C71H67BN2OS/c1-67(2,3)42-28-29-45-41(34-42)26-30-54-63(45)73(55-22-16-21-51-61(55)48-18-11-13-20-50(48)71(51)39-40-25-27-43(71)33-40)57-35-44(68(4,5)6)36-58-62(57)72(54)66-64(49-37-52-53(38-60(49)76-66)70(9,10)32-31-69(52,7)8)74(58)56-23-15-19-47-46-17-12-14-24-59(46)75-65(47)56/h11-24,26,28-30,34-38,40,43H,25,27,31-33,39H2,1-10H3. The van der Waals surface area contributed by atoms with Crippen LogP contribution >= 0.6 is 11.3 Å². The molecule has 4 aliphatic carbocycles. The van der Waals surface area contributed by atoms with Gasteiger partial charge in [0.15, 0.2) is 5.58 Å². The normalized spacial score (nSPS) is 21.4. The SMILES string of the molecule is CC(C)(C)c1cc2c3c(c1)N(c1cccc4c1oc1ccccc14)c1c(sc4cc5c(cc14)C(C)(C)CCC5(C)C)B3c1ccc3cc(C(C)(C)C)ccc3c1N2c1cccc2c1-c1ccccc1C21CC2CCC1C2. The van der Waals surface area contributed by atoms with Gasteiger partial charge in [0.1, 0.15) is 5.58 Å². The van der Waals surface area contributed by atoms with E-state index >= 15 is 0 Å². The molecule has 2 aliphatic heterocycles. The number of furan rings is 1. The van der Waals surface area contributed by atoms with E-state index < -0.39 is 0 Å². The minimum atomic E-state index is -0.172. The van der Waals surface area contributed by atoms with Crippen LogP contribution in [0.15, 0.2) is 144 Å². The summed E-state index contributed by atoms with van der Waals surface area (Å²) in [5.41, 5.74) is 23.9. The zero-order valence-corrected chi connectivity index (χ0v) is 46.8. The van der Waals surface area contributed by atoms with Crippen LogP contribution < -0.4 is 25.5 Å². The second-order valence-corrected chi connectivity index (χ2v) is 28.6. The summed E-state index contributed by atoms with van der Waals surface area (Å²) >= 11 is 2.04. The van der Waals surface area contributed by atoms with Crippen molar-refractivity contribution in [3.8, 4) is 11.1 Å². The van der Waals surface area contributed by atoms with Crippen molar-refractivity contribution in [3.63, 3.8) is 0 Å². The predicted octanol–water partition coefficient (Wildman–Crippen LogP) is 18.1. The zero-order valence-electron chi connectivity index (χ0n) is 46.0. The van der Waals surface area contributed by atoms with E-state index in [9.17, 15) is 0 Å². The highest BCUT2D eigenvalue weighted by molar-refractivity contribution is 7.33. The molecule has 0 saturated heterocycles. The summed E-state index contributed by atoms with van der Waals surface area (Å²) in [5.74, 6) is 1.46. The Morgan fingerprint density at radius 2 is 1.25 bits per heavy atom. The predicted molar refractivity (Wildman–Crippen MR) is 325 cm³/mol. The average molecular weight is 1010 g/mol. The van der Waals surface area contributed by atoms with Crippen molar-refractivity contribution in [2.24, 2.45) is 11.8 Å². The lowest BCUT2D eigenvalue weighted by Gasteiger charge is -2.45. The van der Waals surface area contributed by atoms with Gasteiger partial charge < -0.3 is 14.2 Å². The summed E-state index contributed by atoms with van der Waals surface area (Å²) in [7, 11) is 0. The summed E-state index contributed by atoms with van der Waals surface area (Å²) in [4.78, 5) is 5.48. The number of benzene rings is 8. The Hall–Kier alpha value is -6.56. The van der Waals surface area contributed by atoms with E-state index in [4.69, 9.17) is 4.42 Å². The van der Waals surface area contributed by atoms with Gasteiger partial charge in [-0.05, 0) is 163 Å². The molecule has 3 unspecified atom stereocenters. The lowest BCUT2D eigenvalue weighted by Crippen LogP contribution is -2.60. The van der Waals surface area contributed by atoms with Crippen LogP contribution in [0.4, 0.5) is 34.1 Å². The molecule has 3 atom stereocenters. The molecule has 2 bridgehead atoms. The fraction of sp³-hybridized carbons (Fsp3) is 0.324. The first-order valence-electron chi connectivity index (χ1n) is 28.5. The number of fused-ring (bicyclic) bond motifs is 20. The van der Waals surface area contributed by atoms with E-state index in [1.165, 1.54) is 137 Å². The molecule has 6 aliphatic rings. The molecule has 0 amide bonds. The van der Waals surface area contributed by atoms with E-state index in [0.717, 1.165) is 33.5 Å². The molecule has 16 rings (SSSR count). The monoisotopic (exact) mass is 1010 g/mol. The molecule has 2 saturated carbocycles. The Kier molecular flexibility index (Phi) is 8.96. The van der Waals surface area contributed by atoms with Gasteiger partial charge in [-0.15, -0.1) is 11.3 Å². The first kappa shape index (κ1) is 45.6. The van der Waals surface area contributed by atoms with E-state index in [2.05, 4.69) is 219 Å². The Bertz CT molecular complexity index is 4210. The largest absolute Gasteiger partial charge is 0.454 e. The van der Waals surface area contributed by atoms with Crippen molar-refractivity contribution < 1.29 is 4.42 Å². The lowest BCUT2D eigenvalue weighted by atomic mass is 9.36. The van der Waals surface area contributed by atoms with Crippen LogP contribution in [-0.4, -0.2) is 6.71 Å². The summed E-state index contributed by atoms with van der Waals surface area (Å²) in [5, 5.41) is 6.26. The van der Waals surface area contributed by atoms with Gasteiger partial charge in [-0.25, -0.2) is 0 Å². The number of hydrogen-bond acceptors (Lipinski definition) is 4. The fourth-order valence-corrected chi connectivity index (χ4v) is 17.6. The average Bonchev–Trinajstić information content (AvgIpc) is 4.32. The molecule has 8 aromatic carbocycles. The van der Waals surface area contributed by atoms with Crippen LogP contribution in [-0.2, 0) is 27.1 Å². The van der Waals surface area contributed by atoms with Crippen molar-refractivity contribution in [1.82, 2.24) is 0 Å². The molecule has 0 radical (unpaired) electrons. The first-order valence-corrected chi connectivity index (χ1v) is 29.3. The van der Waals surface area contributed by atoms with Gasteiger partial charge in [0, 0.05) is 59.1 Å². The van der Waals surface area contributed by atoms with Gasteiger partial charge in [0.05, 0.1) is 17.1 Å². The maximum Gasteiger partial charge on any atom is 0.264 e. The third kappa shape index (κ3) is 5.91. The fourth-order valence-electron chi connectivity index (χ4n) is 16.3. The molecule has 10 aromatic rings. The Morgan fingerprint density at radius 3 is 2.00 bits per heavy atom. The van der Waals surface area contributed by atoms with Crippen LogP contribution in [0.2, 0.25) is 0 Å². The summed E-state index contributed by atoms with van der Waals surface area (Å²) in [6.07, 6.45) is 7.64. The highest BCUT2D eigenvalue weighted by Crippen LogP contribution is 2.67. The van der Waals surface area contributed by atoms with Gasteiger partial charge in [0.25, 0.3) is 6.71 Å². The van der Waals surface area contributed by atoms with E-state index in [1.54, 1.807) is 11.1 Å². The number of anilines is 6. The zero-order chi connectivity index (χ0) is 51.7. The number of rotatable bonds is 2. The first-order chi connectivity index (χ1) is 36.4. The van der Waals surface area contributed by atoms with E-state index in [1.807, 2.05) is 11.3 Å². The second-order valence-electron chi connectivity index (χ2n) is 27.5. The van der Waals surface area contributed by atoms with Crippen molar-refractivity contribution >= 4 is 111 Å². The van der Waals surface area contributed by atoms with Crippen LogP contribution in [0.3, 0.4) is 0 Å². The number of hydrogen-bond donors (Lipinski definition) is 0. The van der Waals surface area contributed by atoms with Crippen molar-refractivity contribution in [1.29, 1.82) is 0 Å².